The molecule has 50 heavy (non-hydrogen) atoms. The molecule has 2 saturated heterocycles. The van der Waals surface area contributed by atoms with E-state index in [1.165, 1.54) is 30.6 Å². The van der Waals surface area contributed by atoms with Crippen molar-refractivity contribution in [1.82, 2.24) is 25.1 Å². The van der Waals surface area contributed by atoms with E-state index < -0.39 is 29.4 Å². The molecular formula is C36H36ClF2N7O4. The first-order valence-corrected chi connectivity index (χ1v) is 16.7. The molecule has 3 N–H and O–H groups in total. The molecule has 0 spiro atoms. The number of nitrogens with zero attached hydrogens (tertiary/aromatic N) is 4. The average Bonchev–Trinajstić information content (AvgIpc) is 3.10. The Morgan fingerprint density at radius 2 is 1.84 bits per heavy atom. The van der Waals surface area contributed by atoms with E-state index in [4.69, 9.17) is 16.3 Å². The maximum Gasteiger partial charge on any atom is 0.247 e. The minimum absolute atomic E-state index is 0.0304. The summed E-state index contributed by atoms with van der Waals surface area (Å²) in [4.78, 5) is 49.2. The normalized spacial score (nSPS) is 17.0. The Morgan fingerprint density at radius 1 is 1.04 bits per heavy atom. The van der Waals surface area contributed by atoms with Crippen molar-refractivity contribution in [3.63, 3.8) is 0 Å². The lowest BCUT2D eigenvalue weighted by Crippen LogP contribution is -2.46. The zero-order valence-electron chi connectivity index (χ0n) is 27.2. The monoisotopic (exact) mass is 703 g/mol. The van der Waals surface area contributed by atoms with Gasteiger partial charge in [-0.25, -0.2) is 18.7 Å². The molecule has 1 unspecified atom stereocenters. The van der Waals surface area contributed by atoms with Crippen LogP contribution >= 0.6 is 11.6 Å². The summed E-state index contributed by atoms with van der Waals surface area (Å²) in [7, 11) is 0. The SMILES string of the molecule is C=CC(=O)Nc1cc2c(Nc3ccc(F)c(Cl)c3)ncnc2cc1OCCCN1CCN(Cc2ccc(C3CCC(=O)NC3=O)c(F)c2)CC1. The molecule has 3 amide bonds. The van der Waals surface area contributed by atoms with E-state index in [1.54, 1.807) is 24.3 Å². The van der Waals surface area contributed by atoms with Gasteiger partial charge in [-0.1, -0.05) is 30.3 Å². The predicted molar refractivity (Wildman–Crippen MR) is 186 cm³/mol. The Kier molecular flexibility index (Phi) is 11.0. The van der Waals surface area contributed by atoms with Gasteiger partial charge in [0, 0.05) is 68.4 Å². The number of carbonyl (C=O) groups excluding carboxylic acids is 3. The van der Waals surface area contributed by atoms with Gasteiger partial charge in [-0.3, -0.25) is 24.6 Å². The van der Waals surface area contributed by atoms with Crippen LogP contribution in [0.5, 0.6) is 5.75 Å². The molecule has 2 fully saturated rings. The Labute approximate surface area is 292 Å². The van der Waals surface area contributed by atoms with Crippen LogP contribution in [0.1, 0.15) is 36.3 Å². The number of halogens is 3. The van der Waals surface area contributed by atoms with Gasteiger partial charge >= 0.3 is 0 Å². The van der Waals surface area contributed by atoms with Crippen molar-refractivity contribution in [2.24, 2.45) is 0 Å². The number of anilines is 3. The van der Waals surface area contributed by atoms with E-state index >= 15 is 0 Å². The minimum Gasteiger partial charge on any atom is -0.491 e. The second kappa shape index (κ2) is 15.7. The molecule has 0 bridgehead atoms. The molecule has 1 aromatic heterocycles. The number of rotatable bonds is 12. The second-order valence-electron chi connectivity index (χ2n) is 12.2. The average molecular weight is 704 g/mol. The maximum atomic E-state index is 15.0. The van der Waals surface area contributed by atoms with Crippen LogP contribution in [-0.2, 0) is 20.9 Å². The van der Waals surface area contributed by atoms with Gasteiger partial charge in [0.2, 0.25) is 17.7 Å². The zero-order valence-corrected chi connectivity index (χ0v) is 27.9. The van der Waals surface area contributed by atoms with Crippen molar-refractivity contribution < 1.29 is 27.9 Å². The Morgan fingerprint density at radius 3 is 2.58 bits per heavy atom. The van der Waals surface area contributed by atoms with Gasteiger partial charge in [0.25, 0.3) is 0 Å². The summed E-state index contributed by atoms with van der Waals surface area (Å²) in [5.41, 5.74) is 2.69. The summed E-state index contributed by atoms with van der Waals surface area (Å²) in [6.45, 7) is 8.68. The fourth-order valence-corrected chi connectivity index (χ4v) is 6.32. The third-order valence-corrected chi connectivity index (χ3v) is 9.08. The first-order chi connectivity index (χ1) is 24.2. The van der Waals surface area contributed by atoms with Crippen molar-refractivity contribution in [3.05, 3.63) is 95.3 Å². The lowest BCUT2D eigenvalue weighted by molar-refractivity contribution is -0.134. The maximum absolute atomic E-state index is 15.0. The number of benzene rings is 3. The Balaban J connectivity index is 1.02. The van der Waals surface area contributed by atoms with Crippen molar-refractivity contribution >= 4 is 57.4 Å². The van der Waals surface area contributed by atoms with E-state index in [2.05, 4.69) is 42.3 Å². The van der Waals surface area contributed by atoms with Crippen molar-refractivity contribution in [2.45, 2.75) is 31.7 Å². The van der Waals surface area contributed by atoms with Crippen LogP contribution in [-0.4, -0.2) is 76.8 Å². The van der Waals surface area contributed by atoms with Gasteiger partial charge in [0.15, 0.2) is 0 Å². The first kappa shape index (κ1) is 34.9. The number of hydrogen-bond acceptors (Lipinski definition) is 9. The van der Waals surface area contributed by atoms with Crippen LogP contribution in [0.25, 0.3) is 10.9 Å². The van der Waals surface area contributed by atoms with Gasteiger partial charge in [-0.15, -0.1) is 0 Å². The molecule has 3 heterocycles. The highest BCUT2D eigenvalue weighted by molar-refractivity contribution is 6.31. The molecule has 2 aliphatic heterocycles. The highest BCUT2D eigenvalue weighted by Crippen LogP contribution is 2.34. The molecule has 4 aromatic rings. The number of hydrogen-bond donors (Lipinski definition) is 3. The number of imide groups is 1. The molecule has 0 saturated carbocycles. The fraction of sp³-hybridized carbons (Fsp3) is 0.306. The van der Waals surface area contributed by atoms with Crippen molar-refractivity contribution in [3.8, 4) is 5.75 Å². The number of amides is 3. The van der Waals surface area contributed by atoms with E-state index in [9.17, 15) is 23.2 Å². The van der Waals surface area contributed by atoms with Gasteiger partial charge in [0.1, 0.15) is 29.5 Å². The molecule has 2 aliphatic rings. The molecule has 1 atom stereocenters. The molecular weight excluding hydrogens is 668 g/mol. The number of ether oxygens (including phenoxy) is 1. The van der Waals surface area contributed by atoms with Crippen LogP contribution in [0.3, 0.4) is 0 Å². The lowest BCUT2D eigenvalue weighted by Gasteiger charge is -2.34. The van der Waals surface area contributed by atoms with Gasteiger partial charge in [0.05, 0.1) is 28.8 Å². The molecule has 260 valence electrons. The van der Waals surface area contributed by atoms with Gasteiger partial charge in [-0.2, -0.15) is 0 Å². The first-order valence-electron chi connectivity index (χ1n) is 16.3. The van der Waals surface area contributed by atoms with Crippen LogP contribution < -0.4 is 20.7 Å². The Hall–Kier alpha value is -4.98. The van der Waals surface area contributed by atoms with E-state index in [0.717, 1.165) is 44.7 Å². The largest absolute Gasteiger partial charge is 0.491 e. The highest BCUT2D eigenvalue weighted by atomic mass is 35.5. The van der Waals surface area contributed by atoms with Gasteiger partial charge in [-0.05, 0) is 54.8 Å². The number of piperidine rings is 1. The third-order valence-electron chi connectivity index (χ3n) is 8.79. The summed E-state index contributed by atoms with van der Waals surface area (Å²) in [5, 5.41) is 8.79. The summed E-state index contributed by atoms with van der Waals surface area (Å²) in [6.07, 6.45) is 3.82. The van der Waals surface area contributed by atoms with Gasteiger partial charge < -0.3 is 20.3 Å². The second-order valence-corrected chi connectivity index (χ2v) is 12.6. The summed E-state index contributed by atoms with van der Waals surface area (Å²) >= 11 is 5.95. The lowest BCUT2D eigenvalue weighted by atomic mass is 9.89. The number of aromatic nitrogens is 2. The molecule has 14 heteroatoms. The Bertz CT molecular complexity index is 1940. The number of nitrogens with one attached hydrogen (secondary N) is 3. The standard InChI is InChI=1S/C36H36ClF2N7O4/c1-2-33(47)43-31-18-26-30(40-21-41-35(26)42-23-5-8-28(38)27(37)17-23)19-32(31)50-15-3-10-45-11-13-46(14-12-45)20-22-4-6-24(29(39)16-22)25-7-9-34(48)44-36(25)49/h2,4-6,8,16-19,21,25H,1,3,7,9-15,20H2,(H,43,47)(H,40,41,42)(H,44,48,49). The fourth-order valence-electron chi connectivity index (χ4n) is 6.14. The molecule has 0 radical (unpaired) electrons. The number of fused-ring (bicyclic) bond motifs is 1. The topological polar surface area (TPSA) is 129 Å². The zero-order chi connectivity index (χ0) is 35.2. The van der Waals surface area contributed by atoms with Crippen molar-refractivity contribution in [2.75, 3.05) is 50.0 Å². The number of carbonyl (C=O) groups is 3. The van der Waals surface area contributed by atoms with Crippen LogP contribution in [0, 0.1) is 11.6 Å². The minimum atomic E-state index is -0.647. The summed E-state index contributed by atoms with van der Waals surface area (Å²) in [5.74, 6) is -1.89. The number of piperazine rings is 1. The van der Waals surface area contributed by atoms with Crippen LogP contribution in [0.4, 0.5) is 26.0 Å². The molecule has 0 aliphatic carbocycles. The van der Waals surface area contributed by atoms with Crippen molar-refractivity contribution in [1.29, 1.82) is 0 Å². The molecule has 3 aromatic carbocycles. The quantitative estimate of drug-likeness (QED) is 0.0991. The van der Waals surface area contributed by atoms with E-state index in [1.807, 2.05) is 6.07 Å². The predicted octanol–water partition coefficient (Wildman–Crippen LogP) is 5.54. The molecule has 6 rings (SSSR count). The van der Waals surface area contributed by atoms with Crippen LogP contribution in [0.15, 0.2) is 67.5 Å². The smallest absolute Gasteiger partial charge is 0.247 e. The third kappa shape index (κ3) is 8.41. The van der Waals surface area contributed by atoms with Crippen LogP contribution in [0.2, 0.25) is 5.02 Å². The highest BCUT2D eigenvalue weighted by Gasteiger charge is 2.30. The molecule has 11 nitrogen and oxygen atoms in total. The summed E-state index contributed by atoms with van der Waals surface area (Å²) < 4.78 is 34.8. The summed E-state index contributed by atoms with van der Waals surface area (Å²) in [6, 6.07) is 12.7. The van der Waals surface area contributed by atoms with E-state index in [-0.39, 0.29) is 17.4 Å². The van der Waals surface area contributed by atoms with E-state index in [0.29, 0.717) is 59.0 Å².